The van der Waals surface area contributed by atoms with Crippen molar-refractivity contribution in [2.24, 2.45) is 5.73 Å². The summed E-state index contributed by atoms with van der Waals surface area (Å²) in [5.74, 6) is -3.93. The highest BCUT2D eigenvalue weighted by Gasteiger charge is 2.38. The molecule has 0 unspecified atom stereocenters. The molecule has 1 aromatic carbocycles. The minimum Gasteiger partial charge on any atom is -0.475 e. The van der Waals surface area contributed by atoms with Crippen LogP contribution in [-0.4, -0.2) is 57.8 Å². The number of hydrogen-bond acceptors (Lipinski definition) is 6. The Labute approximate surface area is 214 Å². The molecule has 3 amide bonds. The number of rotatable bonds is 8. The van der Waals surface area contributed by atoms with Crippen LogP contribution >= 0.6 is 23.8 Å². The number of carbonyl (C=O) groups excluding carboxylic acids is 3. The zero-order chi connectivity index (χ0) is 27.0. The van der Waals surface area contributed by atoms with Crippen molar-refractivity contribution in [2.75, 3.05) is 18.4 Å². The number of benzene rings is 1. The number of hydrogen-bond donors (Lipinski definition) is 3. The van der Waals surface area contributed by atoms with Crippen molar-refractivity contribution in [3.05, 3.63) is 52.1 Å². The molecule has 8 nitrogen and oxygen atoms in total. The van der Waals surface area contributed by atoms with Crippen LogP contribution in [0, 0.1) is 0 Å². The summed E-state index contributed by atoms with van der Waals surface area (Å²) >= 11 is 11.2. The molecule has 0 saturated carbocycles. The van der Waals surface area contributed by atoms with E-state index in [-0.39, 0.29) is 11.5 Å². The summed E-state index contributed by atoms with van der Waals surface area (Å²) < 4.78 is 31.7. The van der Waals surface area contributed by atoms with Gasteiger partial charge in [-0.05, 0) is 37.6 Å². The fourth-order valence-corrected chi connectivity index (χ4v) is 3.79. The number of anilines is 1. The lowest BCUT2D eigenvalue weighted by Crippen LogP contribution is -2.31. The Kier molecular flexibility index (Phi) is 10.3. The average molecular weight is 546 g/mol. The molecule has 0 radical (unpaired) electrons. The van der Waals surface area contributed by atoms with Gasteiger partial charge in [0, 0.05) is 22.9 Å². The number of aliphatic carboxylic acids is 1. The maximum Gasteiger partial charge on any atom is 0.490 e. The maximum atomic E-state index is 12.9. The zero-order valence-corrected chi connectivity index (χ0v) is 20.4. The topological polar surface area (TPSA) is 130 Å². The second-order valence-corrected chi connectivity index (χ2v) is 8.65. The predicted molar refractivity (Wildman–Crippen MR) is 131 cm³/mol. The molecule has 0 atom stereocenters. The SMILES string of the molecule is NCCCCCCN1C(=O)c2cccc(NC(=O)C3=CC(Cl)=CCC3=S)c2C1=O.O=C(O)C(F)(F)F. The first kappa shape index (κ1) is 29.1. The van der Waals surface area contributed by atoms with E-state index in [1.165, 1.54) is 11.0 Å². The fraction of sp³-hybridized carbons (Fsp3) is 0.348. The standard InChI is InChI=1S/C21H22ClN3O3S.C2HF3O2/c22-13-8-9-17(29)15(12-13)19(26)24-16-7-5-6-14-18(16)21(28)25(20(14)27)11-4-2-1-3-10-23;3-2(4,5)1(6)7/h5-8,12H,1-4,9-11,23H2,(H,24,26);(H,6,7). The Balaban J connectivity index is 0.000000572. The molecule has 194 valence electrons. The lowest BCUT2D eigenvalue weighted by atomic mass is 10.0. The number of nitrogens with zero attached hydrogens (tertiary/aromatic N) is 1. The highest BCUT2D eigenvalue weighted by Crippen LogP contribution is 2.30. The number of halogens is 4. The van der Waals surface area contributed by atoms with E-state index in [4.69, 9.17) is 39.5 Å². The summed E-state index contributed by atoms with van der Waals surface area (Å²) in [6.45, 7) is 0.983. The van der Waals surface area contributed by atoms with E-state index in [1.54, 1.807) is 24.3 Å². The number of unbranched alkanes of at least 4 members (excludes halogenated alkanes) is 3. The second-order valence-electron chi connectivity index (χ2n) is 7.72. The van der Waals surface area contributed by atoms with Gasteiger partial charge in [-0.25, -0.2) is 4.79 Å². The third-order valence-corrected chi connectivity index (χ3v) is 5.79. The van der Waals surface area contributed by atoms with Crippen LogP contribution in [0.1, 0.15) is 52.8 Å². The summed E-state index contributed by atoms with van der Waals surface area (Å²) in [6.07, 6.45) is 2.08. The lowest BCUT2D eigenvalue weighted by Gasteiger charge is -2.15. The van der Waals surface area contributed by atoms with Gasteiger partial charge in [0.25, 0.3) is 17.7 Å². The minimum atomic E-state index is -5.08. The van der Waals surface area contributed by atoms with Crippen LogP contribution < -0.4 is 11.1 Å². The largest absolute Gasteiger partial charge is 0.490 e. The number of nitrogens with one attached hydrogen (secondary N) is 1. The first-order valence-corrected chi connectivity index (χ1v) is 11.6. The minimum absolute atomic E-state index is 0.219. The molecule has 0 saturated heterocycles. The summed E-state index contributed by atoms with van der Waals surface area (Å²) in [7, 11) is 0. The van der Waals surface area contributed by atoms with Gasteiger partial charge in [0.05, 0.1) is 22.4 Å². The normalized spacial score (nSPS) is 15.0. The average Bonchev–Trinajstić information content (AvgIpc) is 3.05. The van der Waals surface area contributed by atoms with E-state index < -0.39 is 24.0 Å². The molecule has 1 aliphatic heterocycles. The Bertz CT molecular complexity index is 1130. The predicted octanol–water partition coefficient (Wildman–Crippen LogP) is 4.20. The van der Waals surface area contributed by atoms with Gasteiger partial charge >= 0.3 is 12.1 Å². The molecule has 0 spiro atoms. The molecule has 0 aromatic heterocycles. The van der Waals surface area contributed by atoms with Crippen molar-refractivity contribution in [3.63, 3.8) is 0 Å². The van der Waals surface area contributed by atoms with Gasteiger partial charge in [0.1, 0.15) is 0 Å². The number of allylic oxidation sites excluding steroid dienone is 3. The molecular formula is C23H23ClF3N3O5S. The number of thiocarbonyl (C=S) groups is 1. The third kappa shape index (κ3) is 7.45. The number of carbonyl (C=O) groups is 4. The van der Waals surface area contributed by atoms with Crippen molar-refractivity contribution in [3.8, 4) is 0 Å². The van der Waals surface area contributed by atoms with E-state index in [2.05, 4.69) is 5.32 Å². The molecule has 36 heavy (non-hydrogen) atoms. The first-order valence-electron chi connectivity index (χ1n) is 10.8. The van der Waals surface area contributed by atoms with E-state index in [0.29, 0.717) is 46.2 Å². The van der Waals surface area contributed by atoms with E-state index >= 15 is 0 Å². The number of fused-ring (bicyclic) bond motifs is 1. The fourth-order valence-electron chi connectivity index (χ4n) is 3.37. The molecular weight excluding hydrogens is 523 g/mol. The summed E-state index contributed by atoms with van der Waals surface area (Å²) in [5.41, 5.74) is 6.59. The van der Waals surface area contributed by atoms with Gasteiger partial charge in [-0.1, -0.05) is 48.8 Å². The molecule has 1 heterocycles. The highest BCUT2D eigenvalue weighted by atomic mass is 35.5. The van der Waals surface area contributed by atoms with Crippen LogP contribution in [0.4, 0.5) is 18.9 Å². The van der Waals surface area contributed by atoms with E-state index in [1.807, 2.05) is 0 Å². The third-order valence-electron chi connectivity index (χ3n) is 5.14. The van der Waals surface area contributed by atoms with Gasteiger partial charge in [0.2, 0.25) is 0 Å². The quantitative estimate of drug-likeness (QED) is 0.253. The monoisotopic (exact) mass is 545 g/mol. The Morgan fingerprint density at radius 1 is 1.14 bits per heavy atom. The lowest BCUT2D eigenvalue weighted by molar-refractivity contribution is -0.192. The highest BCUT2D eigenvalue weighted by molar-refractivity contribution is 7.81. The van der Waals surface area contributed by atoms with Gasteiger partial charge in [-0.2, -0.15) is 13.2 Å². The van der Waals surface area contributed by atoms with Gasteiger partial charge in [0.15, 0.2) is 0 Å². The molecule has 13 heteroatoms. The maximum absolute atomic E-state index is 12.9. The summed E-state index contributed by atoms with van der Waals surface area (Å²) in [4.78, 5) is 48.9. The number of carboxylic acid groups (broad SMARTS) is 1. The van der Waals surface area contributed by atoms with Crippen molar-refractivity contribution in [1.29, 1.82) is 0 Å². The molecule has 0 fully saturated rings. The van der Waals surface area contributed by atoms with Crippen LogP contribution in [0.25, 0.3) is 0 Å². The van der Waals surface area contributed by atoms with Gasteiger partial charge in [-0.3, -0.25) is 19.3 Å². The van der Waals surface area contributed by atoms with E-state index in [0.717, 1.165) is 25.7 Å². The van der Waals surface area contributed by atoms with Crippen LogP contribution in [0.5, 0.6) is 0 Å². The van der Waals surface area contributed by atoms with Crippen LogP contribution in [0.15, 0.2) is 41.0 Å². The molecule has 4 N–H and O–H groups in total. The molecule has 3 rings (SSSR count). The molecule has 1 aromatic rings. The Morgan fingerprint density at radius 2 is 1.78 bits per heavy atom. The first-order chi connectivity index (χ1) is 16.9. The molecule has 0 bridgehead atoms. The van der Waals surface area contributed by atoms with Crippen molar-refractivity contribution in [2.45, 2.75) is 38.3 Å². The number of carboxylic acids is 1. The summed E-state index contributed by atoms with van der Waals surface area (Å²) in [5, 5.41) is 10.3. The second kappa shape index (κ2) is 12.7. The zero-order valence-electron chi connectivity index (χ0n) is 18.9. The number of imide groups is 1. The van der Waals surface area contributed by atoms with Crippen LogP contribution in [-0.2, 0) is 9.59 Å². The Morgan fingerprint density at radius 3 is 2.39 bits per heavy atom. The summed E-state index contributed by atoms with van der Waals surface area (Å²) in [6, 6.07) is 4.85. The number of amides is 3. The van der Waals surface area contributed by atoms with Crippen molar-refractivity contribution < 1.29 is 37.5 Å². The smallest absolute Gasteiger partial charge is 0.475 e. The number of alkyl halides is 3. The van der Waals surface area contributed by atoms with Gasteiger partial charge in [-0.15, -0.1) is 0 Å². The van der Waals surface area contributed by atoms with Gasteiger partial charge < -0.3 is 16.2 Å². The van der Waals surface area contributed by atoms with Crippen LogP contribution in [0.2, 0.25) is 0 Å². The molecule has 1 aliphatic carbocycles. The number of nitrogens with two attached hydrogens (primary N) is 1. The van der Waals surface area contributed by atoms with E-state index in [9.17, 15) is 27.6 Å². The molecule has 2 aliphatic rings. The Hall–Kier alpha value is -3.09. The van der Waals surface area contributed by atoms with Crippen molar-refractivity contribution in [1.82, 2.24) is 4.90 Å². The van der Waals surface area contributed by atoms with Crippen LogP contribution in [0.3, 0.4) is 0 Å². The van der Waals surface area contributed by atoms with Crippen molar-refractivity contribution >= 4 is 58.1 Å².